The van der Waals surface area contributed by atoms with Crippen LogP contribution in [0.25, 0.3) is 0 Å². The quantitative estimate of drug-likeness (QED) is 0.597. The highest BCUT2D eigenvalue weighted by molar-refractivity contribution is 5.92. The van der Waals surface area contributed by atoms with E-state index < -0.39 is 0 Å². The summed E-state index contributed by atoms with van der Waals surface area (Å²) < 4.78 is 5.65. The molecule has 0 fully saturated rings. The van der Waals surface area contributed by atoms with Gasteiger partial charge < -0.3 is 15.0 Å². The van der Waals surface area contributed by atoms with Crippen molar-refractivity contribution < 1.29 is 9.53 Å². The topological polar surface area (TPSA) is 54.5 Å². The largest absolute Gasteiger partial charge is 0.492 e. The molecule has 1 unspecified atom stereocenters. The molecule has 5 nitrogen and oxygen atoms in total. The molecule has 168 valence electrons. The van der Waals surface area contributed by atoms with Crippen molar-refractivity contribution in [2.75, 3.05) is 20.2 Å². The van der Waals surface area contributed by atoms with Gasteiger partial charge in [0.25, 0.3) is 5.91 Å². The molecule has 0 saturated heterocycles. The molecule has 0 radical (unpaired) electrons. The number of rotatable bonds is 9. The van der Waals surface area contributed by atoms with Crippen LogP contribution in [0, 0.1) is 5.41 Å². The number of aromatic nitrogens is 1. The van der Waals surface area contributed by atoms with Gasteiger partial charge in [-0.2, -0.15) is 0 Å². The van der Waals surface area contributed by atoms with E-state index >= 15 is 0 Å². The number of carbonyl (C=O) groups excluding carboxylic acids is 1. The zero-order valence-electron chi connectivity index (χ0n) is 19.7. The lowest BCUT2D eigenvalue weighted by atomic mass is 9.97. The van der Waals surface area contributed by atoms with Crippen molar-refractivity contribution in [3.63, 3.8) is 0 Å². The van der Waals surface area contributed by atoms with Gasteiger partial charge in [-0.3, -0.25) is 4.79 Å². The van der Waals surface area contributed by atoms with Gasteiger partial charge in [-0.05, 0) is 53.5 Å². The maximum Gasteiger partial charge on any atom is 0.272 e. The highest BCUT2D eigenvalue weighted by atomic mass is 16.5. The van der Waals surface area contributed by atoms with Crippen LogP contribution in [0.4, 0.5) is 0 Å². The zero-order valence-corrected chi connectivity index (χ0v) is 19.7. The van der Waals surface area contributed by atoms with E-state index in [1.807, 2.05) is 18.0 Å². The average Bonchev–Trinajstić information content (AvgIpc) is 3.16. The Morgan fingerprint density at radius 1 is 1.19 bits per heavy atom. The fourth-order valence-corrected chi connectivity index (χ4v) is 3.89. The van der Waals surface area contributed by atoms with Crippen molar-refractivity contribution in [1.29, 1.82) is 0 Å². The minimum atomic E-state index is -0.0371. The van der Waals surface area contributed by atoms with E-state index in [4.69, 9.17) is 4.74 Å². The summed E-state index contributed by atoms with van der Waals surface area (Å²) in [6, 6.07) is 10.5. The summed E-state index contributed by atoms with van der Waals surface area (Å²) in [4.78, 5) is 19.2. The van der Waals surface area contributed by atoms with E-state index in [1.54, 1.807) is 12.3 Å². The van der Waals surface area contributed by atoms with Gasteiger partial charge >= 0.3 is 0 Å². The fourth-order valence-electron chi connectivity index (χ4n) is 3.89. The number of hydrogen-bond donors (Lipinski definition) is 1. The van der Waals surface area contributed by atoms with Gasteiger partial charge in [-0.1, -0.05) is 52.3 Å². The lowest BCUT2D eigenvalue weighted by Gasteiger charge is -2.24. The maximum absolute atomic E-state index is 13.0. The fraction of sp³-hybridized carbons (Fsp3) is 0.538. The lowest BCUT2D eigenvalue weighted by Crippen LogP contribution is -2.38. The maximum atomic E-state index is 13.0. The molecule has 1 aromatic carbocycles. The molecule has 31 heavy (non-hydrogen) atoms. The van der Waals surface area contributed by atoms with Gasteiger partial charge in [0.2, 0.25) is 0 Å². The van der Waals surface area contributed by atoms with E-state index in [-0.39, 0.29) is 17.4 Å². The van der Waals surface area contributed by atoms with Crippen LogP contribution in [0.15, 0.2) is 36.5 Å². The lowest BCUT2D eigenvalue weighted by molar-refractivity contribution is 0.0731. The van der Waals surface area contributed by atoms with Crippen LogP contribution in [0.3, 0.4) is 0 Å². The van der Waals surface area contributed by atoms with E-state index in [9.17, 15) is 4.79 Å². The monoisotopic (exact) mass is 423 g/mol. The number of pyridine rings is 1. The minimum Gasteiger partial charge on any atom is -0.492 e. The van der Waals surface area contributed by atoms with Gasteiger partial charge in [0.05, 0.1) is 12.8 Å². The first-order valence-electron chi connectivity index (χ1n) is 11.4. The Kier molecular flexibility index (Phi) is 7.71. The van der Waals surface area contributed by atoms with E-state index in [0.29, 0.717) is 18.1 Å². The highest BCUT2D eigenvalue weighted by Gasteiger charge is 2.28. The van der Waals surface area contributed by atoms with Crippen molar-refractivity contribution in [3.05, 3.63) is 58.9 Å². The molecule has 1 atom stereocenters. The number of carbonyl (C=O) groups is 1. The Bertz CT molecular complexity index is 871. The minimum absolute atomic E-state index is 0.0371. The number of amides is 1. The third kappa shape index (κ3) is 6.54. The Morgan fingerprint density at radius 3 is 2.65 bits per heavy atom. The predicted octanol–water partition coefficient (Wildman–Crippen LogP) is 4.64. The van der Waals surface area contributed by atoms with Crippen molar-refractivity contribution in [2.24, 2.45) is 5.41 Å². The first kappa shape index (κ1) is 23.3. The molecular weight excluding hydrogens is 386 g/mol. The second-order valence-corrected chi connectivity index (χ2v) is 9.83. The second-order valence-electron chi connectivity index (χ2n) is 9.83. The number of hydrogen-bond acceptors (Lipinski definition) is 4. The van der Waals surface area contributed by atoms with Gasteiger partial charge in [0, 0.05) is 26.2 Å². The summed E-state index contributed by atoms with van der Waals surface area (Å²) in [5.74, 6) is 0.679. The average molecular weight is 424 g/mol. The molecule has 2 aromatic rings. The number of nitrogens with zero attached hydrogens (tertiary/aromatic N) is 2. The smallest absolute Gasteiger partial charge is 0.272 e. The van der Waals surface area contributed by atoms with Crippen LogP contribution in [-0.2, 0) is 19.4 Å². The van der Waals surface area contributed by atoms with Crippen LogP contribution in [0.2, 0.25) is 0 Å². The summed E-state index contributed by atoms with van der Waals surface area (Å²) in [7, 11) is 1.89. The van der Waals surface area contributed by atoms with Gasteiger partial charge in [0.15, 0.2) is 0 Å². The molecule has 0 saturated carbocycles. The molecule has 3 rings (SSSR count). The second kappa shape index (κ2) is 10.3. The molecule has 1 amide bonds. The zero-order chi connectivity index (χ0) is 22.4. The summed E-state index contributed by atoms with van der Waals surface area (Å²) in [6.45, 7) is 11.4. The van der Waals surface area contributed by atoms with Crippen molar-refractivity contribution in [3.8, 4) is 5.75 Å². The number of benzene rings is 1. The van der Waals surface area contributed by atoms with Crippen LogP contribution < -0.4 is 10.1 Å². The first-order chi connectivity index (χ1) is 14.8. The van der Waals surface area contributed by atoms with Crippen molar-refractivity contribution >= 4 is 5.91 Å². The number of nitrogens with one attached hydrogen (secondary N) is 1. The van der Waals surface area contributed by atoms with Gasteiger partial charge in [-0.25, -0.2) is 4.98 Å². The molecule has 0 aliphatic heterocycles. The normalized spacial score (nSPS) is 15.6. The SMILES string of the molecule is CCCCOc1ccc(C(=O)N(C)C2Cc3ccc(CNCC(C)(C)C)cc3C2)nc1. The Hall–Kier alpha value is -2.40. The van der Waals surface area contributed by atoms with Gasteiger partial charge in [0.1, 0.15) is 11.4 Å². The Labute approximate surface area is 187 Å². The van der Waals surface area contributed by atoms with E-state index in [2.05, 4.69) is 56.2 Å². The van der Waals surface area contributed by atoms with Crippen molar-refractivity contribution in [1.82, 2.24) is 15.2 Å². The first-order valence-corrected chi connectivity index (χ1v) is 11.4. The third-order valence-corrected chi connectivity index (χ3v) is 5.76. The molecule has 5 heteroatoms. The molecular formula is C26H37N3O2. The summed E-state index contributed by atoms with van der Waals surface area (Å²) in [5, 5.41) is 3.54. The molecule has 1 aromatic heterocycles. The van der Waals surface area contributed by atoms with Crippen LogP contribution in [0.5, 0.6) is 5.75 Å². The highest BCUT2D eigenvalue weighted by Crippen LogP contribution is 2.27. The van der Waals surface area contributed by atoms with E-state index in [1.165, 1.54) is 16.7 Å². The van der Waals surface area contributed by atoms with Crippen LogP contribution in [-0.4, -0.2) is 42.0 Å². The number of likely N-dealkylation sites (N-methyl/N-ethyl adjacent to an activating group) is 1. The Morgan fingerprint density at radius 2 is 1.97 bits per heavy atom. The standard InChI is InChI=1S/C26H37N3O2/c1-6-7-12-31-23-10-11-24(28-17-23)25(30)29(5)22-14-20-9-8-19(13-21(20)15-22)16-27-18-26(2,3)4/h8-11,13,17,22,27H,6-7,12,14-16,18H2,1-5H3. The van der Waals surface area contributed by atoms with Gasteiger partial charge in [-0.15, -0.1) is 0 Å². The van der Waals surface area contributed by atoms with Crippen molar-refractivity contribution in [2.45, 2.75) is 66.0 Å². The van der Waals surface area contributed by atoms with Crippen LogP contribution >= 0.6 is 0 Å². The molecule has 0 spiro atoms. The molecule has 1 heterocycles. The summed E-state index contributed by atoms with van der Waals surface area (Å²) >= 11 is 0. The number of ether oxygens (including phenoxy) is 1. The third-order valence-electron chi connectivity index (χ3n) is 5.76. The summed E-state index contributed by atoms with van der Waals surface area (Å²) in [6.07, 6.45) is 5.54. The molecule has 1 N–H and O–H groups in total. The van der Waals surface area contributed by atoms with E-state index in [0.717, 1.165) is 38.8 Å². The molecule has 1 aliphatic carbocycles. The molecule has 1 aliphatic rings. The van der Waals surface area contributed by atoms with Crippen LogP contribution in [0.1, 0.15) is 67.7 Å². The number of fused-ring (bicyclic) bond motifs is 1. The predicted molar refractivity (Wildman–Crippen MR) is 126 cm³/mol. The summed E-state index contributed by atoms with van der Waals surface area (Å²) in [5.41, 5.74) is 4.74. The number of unbranched alkanes of at least 4 members (excludes halogenated alkanes) is 1. The Balaban J connectivity index is 1.56. The molecule has 0 bridgehead atoms.